The van der Waals surface area contributed by atoms with E-state index in [-0.39, 0.29) is 41.4 Å². The number of esters is 1. The molecule has 0 radical (unpaired) electrons. The van der Waals surface area contributed by atoms with Gasteiger partial charge < -0.3 is 10.1 Å². The molecule has 3 amide bonds. The van der Waals surface area contributed by atoms with E-state index < -0.39 is 17.9 Å². The molecule has 32 heavy (non-hydrogen) atoms. The Labute approximate surface area is 187 Å². The molecular weight excluding hydrogens is 408 g/mol. The van der Waals surface area contributed by atoms with Gasteiger partial charge in [0, 0.05) is 5.69 Å². The molecule has 2 saturated carbocycles. The average molecular weight is 437 g/mol. The number of benzene rings is 1. The molecular formula is C25H28N2O5. The van der Waals surface area contributed by atoms with Crippen molar-refractivity contribution >= 4 is 29.4 Å². The average Bonchev–Trinajstić information content (AvgIpc) is 3.55. The van der Waals surface area contributed by atoms with Crippen LogP contribution in [0.5, 0.6) is 0 Å². The third kappa shape index (κ3) is 3.26. The Kier molecular flexibility index (Phi) is 4.95. The quantitative estimate of drug-likeness (QED) is 0.421. The van der Waals surface area contributed by atoms with Gasteiger partial charge >= 0.3 is 5.97 Å². The molecule has 5 aliphatic rings. The number of likely N-dealkylation sites (tertiary alicyclic amines) is 1. The molecule has 0 spiro atoms. The number of carbonyl (C=O) groups excluding carboxylic acids is 4. The van der Waals surface area contributed by atoms with Gasteiger partial charge in [0.15, 0.2) is 0 Å². The standard InChI is InChI=1S/C25H28N2O5/c1-12(2)11-32-25(31)14-4-6-15(7-5-14)26-22(28)13(3)27-23(29)20-16-8-9-17(19-10-18(16)19)21(20)24(27)30/h4-9,12-13,16-21H,10-11H2,1-3H3,(H,26,28)/t13-,16-,17-,18-,19-,20-,21+/m1/s1. The maximum absolute atomic E-state index is 13.2. The first kappa shape index (κ1) is 20.9. The van der Waals surface area contributed by atoms with Crippen molar-refractivity contribution in [2.24, 2.45) is 41.4 Å². The van der Waals surface area contributed by atoms with Gasteiger partial charge in [-0.2, -0.15) is 0 Å². The summed E-state index contributed by atoms with van der Waals surface area (Å²) in [5.74, 6) is -0.324. The fourth-order valence-electron chi connectivity index (χ4n) is 5.74. The van der Waals surface area contributed by atoms with Gasteiger partial charge in [0.2, 0.25) is 17.7 Å². The van der Waals surface area contributed by atoms with Gasteiger partial charge in [0.25, 0.3) is 0 Å². The summed E-state index contributed by atoms with van der Waals surface area (Å²) in [5.41, 5.74) is 0.883. The highest BCUT2D eigenvalue weighted by Crippen LogP contribution is 2.65. The van der Waals surface area contributed by atoms with Gasteiger partial charge in [0.05, 0.1) is 24.0 Å². The second kappa shape index (κ2) is 7.57. The van der Waals surface area contributed by atoms with Gasteiger partial charge in [-0.1, -0.05) is 26.0 Å². The van der Waals surface area contributed by atoms with Crippen LogP contribution in [0.15, 0.2) is 36.4 Å². The van der Waals surface area contributed by atoms with E-state index in [0.717, 1.165) is 6.42 Å². The van der Waals surface area contributed by atoms with E-state index in [1.165, 1.54) is 4.90 Å². The zero-order chi connectivity index (χ0) is 22.7. The van der Waals surface area contributed by atoms with Gasteiger partial charge in [-0.15, -0.1) is 0 Å². The molecule has 0 unspecified atom stereocenters. The highest BCUT2D eigenvalue weighted by molar-refractivity contribution is 6.10. The van der Waals surface area contributed by atoms with E-state index in [0.29, 0.717) is 29.7 Å². The summed E-state index contributed by atoms with van der Waals surface area (Å²) in [5, 5.41) is 2.76. The summed E-state index contributed by atoms with van der Waals surface area (Å²) >= 11 is 0. The number of nitrogens with one attached hydrogen (secondary N) is 1. The van der Waals surface area contributed by atoms with Crippen molar-refractivity contribution in [3.8, 4) is 0 Å². The van der Waals surface area contributed by atoms with Crippen molar-refractivity contribution < 1.29 is 23.9 Å². The molecule has 0 aromatic heterocycles. The SMILES string of the molecule is CC(C)COC(=O)c1ccc(NC(=O)[C@@H](C)N2C(=O)[C@@H]3[C@@H]4C=C[C@H]([C@H]5C[C@H]45)[C@@H]3C2=O)cc1. The molecule has 1 heterocycles. The molecule has 1 saturated heterocycles. The Morgan fingerprint density at radius 1 is 1.00 bits per heavy atom. The maximum Gasteiger partial charge on any atom is 0.338 e. The summed E-state index contributed by atoms with van der Waals surface area (Å²) in [4.78, 5) is 52.5. The number of hydrogen-bond acceptors (Lipinski definition) is 5. The van der Waals surface area contributed by atoms with Gasteiger partial charge in [-0.25, -0.2) is 4.79 Å². The second-order valence-corrected chi connectivity index (χ2v) is 9.94. The third-order valence-electron chi connectivity index (χ3n) is 7.40. The first-order valence-electron chi connectivity index (χ1n) is 11.4. The van der Waals surface area contributed by atoms with Gasteiger partial charge in [-0.3, -0.25) is 19.3 Å². The van der Waals surface area contributed by atoms with Crippen molar-refractivity contribution in [2.75, 3.05) is 11.9 Å². The van der Waals surface area contributed by atoms with Crippen LogP contribution in [0.3, 0.4) is 0 Å². The number of anilines is 1. The molecule has 1 aromatic carbocycles. The minimum atomic E-state index is -0.896. The Bertz CT molecular complexity index is 978. The summed E-state index contributed by atoms with van der Waals surface area (Å²) in [6.45, 7) is 5.85. The van der Waals surface area contributed by atoms with Crippen LogP contribution >= 0.6 is 0 Å². The van der Waals surface area contributed by atoms with Crippen molar-refractivity contribution in [3.63, 3.8) is 0 Å². The van der Waals surface area contributed by atoms with Crippen LogP contribution in [0.1, 0.15) is 37.6 Å². The second-order valence-electron chi connectivity index (χ2n) is 9.94. The molecule has 2 bridgehead atoms. The predicted octanol–water partition coefficient (Wildman–Crippen LogP) is 2.88. The van der Waals surface area contributed by atoms with E-state index in [2.05, 4.69) is 17.5 Å². The lowest BCUT2D eigenvalue weighted by Gasteiger charge is -2.37. The van der Waals surface area contributed by atoms with E-state index in [9.17, 15) is 19.2 Å². The number of ether oxygens (including phenoxy) is 1. The number of allylic oxidation sites excluding steroid dienone is 2. The topological polar surface area (TPSA) is 92.8 Å². The number of carbonyl (C=O) groups is 4. The molecule has 3 fully saturated rings. The van der Waals surface area contributed by atoms with Crippen LogP contribution < -0.4 is 5.32 Å². The lowest BCUT2D eigenvalue weighted by molar-refractivity contribution is -0.146. The number of imide groups is 1. The van der Waals surface area contributed by atoms with Crippen LogP contribution in [-0.4, -0.2) is 41.2 Å². The minimum Gasteiger partial charge on any atom is -0.462 e. The number of nitrogens with zero attached hydrogens (tertiary/aromatic N) is 1. The van der Waals surface area contributed by atoms with Crippen LogP contribution in [-0.2, 0) is 19.1 Å². The normalized spacial score (nSPS) is 32.6. The predicted molar refractivity (Wildman–Crippen MR) is 116 cm³/mol. The van der Waals surface area contributed by atoms with E-state index in [1.54, 1.807) is 31.2 Å². The highest BCUT2D eigenvalue weighted by atomic mass is 16.5. The lowest BCUT2D eigenvalue weighted by Crippen LogP contribution is -2.46. The van der Waals surface area contributed by atoms with Crippen molar-refractivity contribution in [1.29, 1.82) is 0 Å². The number of hydrogen-bond donors (Lipinski definition) is 1. The monoisotopic (exact) mass is 436 g/mol. The highest BCUT2D eigenvalue weighted by Gasteiger charge is 2.67. The zero-order valence-electron chi connectivity index (χ0n) is 18.5. The number of rotatable bonds is 6. The minimum absolute atomic E-state index is 0.134. The van der Waals surface area contributed by atoms with Gasteiger partial charge in [0.1, 0.15) is 6.04 Å². The van der Waals surface area contributed by atoms with Crippen LogP contribution in [0.25, 0.3) is 0 Å². The molecule has 7 nitrogen and oxygen atoms in total. The van der Waals surface area contributed by atoms with Crippen molar-refractivity contribution in [1.82, 2.24) is 4.90 Å². The molecule has 1 aliphatic heterocycles. The fraction of sp³-hybridized carbons (Fsp3) is 0.520. The Hall–Kier alpha value is -2.96. The van der Waals surface area contributed by atoms with Crippen molar-refractivity contribution in [3.05, 3.63) is 42.0 Å². The lowest BCUT2D eigenvalue weighted by atomic mass is 9.63. The van der Waals surface area contributed by atoms with E-state index in [1.807, 2.05) is 13.8 Å². The molecule has 1 N–H and O–H groups in total. The molecule has 4 aliphatic carbocycles. The Balaban J connectivity index is 1.24. The summed E-state index contributed by atoms with van der Waals surface area (Å²) in [7, 11) is 0. The largest absolute Gasteiger partial charge is 0.462 e. The first-order chi connectivity index (χ1) is 15.3. The van der Waals surface area contributed by atoms with E-state index >= 15 is 0 Å². The van der Waals surface area contributed by atoms with Crippen LogP contribution in [0, 0.1) is 41.4 Å². The smallest absolute Gasteiger partial charge is 0.338 e. The number of amides is 3. The first-order valence-corrected chi connectivity index (χ1v) is 11.4. The molecule has 7 heteroatoms. The van der Waals surface area contributed by atoms with Gasteiger partial charge in [-0.05, 0) is 67.2 Å². The maximum atomic E-state index is 13.2. The Morgan fingerprint density at radius 2 is 1.56 bits per heavy atom. The molecule has 7 atom stereocenters. The summed E-state index contributed by atoms with van der Waals surface area (Å²) < 4.78 is 5.21. The Morgan fingerprint density at radius 3 is 2.09 bits per heavy atom. The third-order valence-corrected chi connectivity index (χ3v) is 7.40. The summed E-state index contributed by atoms with van der Waals surface area (Å²) in [6, 6.07) is 5.49. The van der Waals surface area contributed by atoms with Crippen LogP contribution in [0.4, 0.5) is 5.69 Å². The van der Waals surface area contributed by atoms with Crippen LogP contribution in [0.2, 0.25) is 0 Å². The zero-order valence-corrected chi connectivity index (χ0v) is 18.5. The van der Waals surface area contributed by atoms with Crippen molar-refractivity contribution in [2.45, 2.75) is 33.2 Å². The molecule has 168 valence electrons. The molecule has 1 aromatic rings. The summed E-state index contributed by atoms with van der Waals surface area (Å²) in [6.07, 6.45) is 5.34. The fourth-order valence-corrected chi connectivity index (χ4v) is 5.74. The molecule has 6 rings (SSSR count). The van der Waals surface area contributed by atoms with E-state index in [4.69, 9.17) is 4.74 Å².